The van der Waals surface area contributed by atoms with Gasteiger partial charge in [-0.25, -0.2) is 4.98 Å². The Balaban J connectivity index is 1.86. The van der Waals surface area contributed by atoms with Crippen LogP contribution in [0, 0.1) is 0 Å². The zero-order chi connectivity index (χ0) is 19.7. The normalized spacial score (nSPS) is 19.1. The van der Waals surface area contributed by atoms with Crippen LogP contribution in [0.4, 0.5) is 5.82 Å². The minimum Gasteiger partial charge on any atom is -0.356 e. The van der Waals surface area contributed by atoms with Gasteiger partial charge >= 0.3 is 0 Å². The van der Waals surface area contributed by atoms with E-state index < -0.39 is 0 Å². The van der Waals surface area contributed by atoms with Crippen molar-refractivity contribution in [2.24, 2.45) is 0 Å². The van der Waals surface area contributed by atoms with Crippen molar-refractivity contribution >= 4 is 51.7 Å². The summed E-state index contributed by atoms with van der Waals surface area (Å²) in [4.78, 5) is 34.8. The lowest BCUT2D eigenvalue weighted by molar-refractivity contribution is -0.121. The number of nitrogens with zero attached hydrogens (tertiary/aromatic N) is 4. The van der Waals surface area contributed by atoms with E-state index in [0.29, 0.717) is 32.8 Å². The standard InChI is InChI=1S/C20H20N4O2S2/c1-2-9-24-19(26)15(28-20(24)27)13-14-17(22-10-5-3-6-11-22)21-16-8-4-7-12-23(16)18(14)25/h2,4,7-8,12-13H,1,3,5-6,9-11H2. The zero-order valence-corrected chi connectivity index (χ0v) is 17.0. The molecule has 6 nitrogen and oxygen atoms in total. The third kappa shape index (κ3) is 3.38. The molecule has 1 amide bonds. The van der Waals surface area contributed by atoms with Crippen LogP contribution in [0.5, 0.6) is 0 Å². The first-order valence-electron chi connectivity index (χ1n) is 9.23. The molecule has 0 aliphatic carbocycles. The Morgan fingerprint density at radius 2 is 2.00 bits per heavy atom. The van der Waals surface area contributed by atoms with Gasteiger partial charge in [0.25, 0.3) is 11.5 Å². The molecule has 0 atom stereocenters. The second-order valence-corrected chi connectivity index (χ2v) is 8.39. The van der Waals surface area contributed by atoms with Crippen molar-refractivity contribution in [3.05, 3.63) is 57.9 Å². The summed E-state index contributed by atoms with van der Waals surface area (Å²) in [5.41, 5.74) is 0.856. The summed E-state index contributed by atoms with van der Waals surface area (Å²) in [6.45, 7) is 5.74. The lowest BCUT2D eigenvalue weighted by Crippen LogP contribution is -2.33. The second-order valence-electron chi connectivity index (χ2n) is 6.71. The second kappa shape index (κ2) is 7.89. The van der Waals surface area contributed by atoms with Crippen LogP contribution >= 0.6 is 24.0 Å². The van der Waals surface area contributed by atoms with Crippen LogP contribution in [-0.4, -0.2) is 44.1 Å². The highest BCUT2D eigenvalue weighted by Gasteiger charge is 2.32. The minimum absolute atomic E-state index is 0.180. The molecule has 0 spiro atoms. The van der Waals surface area contributed by atoms with Gasteiger partial charge in [0, 0.05) is 25.8 Å². The first-order valence-corrected chi connectivity index (χ1v) is 10.5. The third-order valence-corrected chi connectivity index (χ3v) is 6.24. The van der Waals surface area contributed by atoms with E-state index in [4.69, 9.17) is 17.2 Å². The lowest BCUT2D eigenvalue weighted by atomic mass is 10.1. The van der Waals surface area contributed by atoms with Crippen molar-refractivity contribution in [3.63, 3.8) is 0 Å². The number of pyridine rings is 1. The Morgan fingerprint density at radius 3 is 2.75 bits per heavy atom. The molecule has 0 bridgehead atoms. The van der Waals surface area contributed by atoms with Crippen LogP contribution < -0.4 is 10.5 Å². The summed E-state index contributed by atoms with van der Waals surface area (Å²) in [6, 6.07) is 5.48. The number of carbonyl (C=O) groups is 1. The fraction of sp³-hybridized carbons (Fsp3) is 0.300. The van der Waals surface area contributed by atoms with Crippen LogP contribution in [0.3, 0.4) is 0 Å². The SMILES string of the molecule is C=CCN1C(=O)C(=Cc2c(N3CCCCC3)nc3ccccn3c2=O)SC1=S. The van der Waals surface area contributed by atoms with Crippen molar-refractivity contribution in [1.82, 2.24) is 14.3 Å². The minimum atomic E-state index is -0.197. The van der Waals surface area contributed by atoms with E-state index in [1.165, 1.54) is 27.5 Å². The highest BCUT2D eigenvalue weighted by Crippen LogP contribution is 2.33. The number of rotatable bonds is 4. The van der Waals surface area contributed by atoms with Crippen LogP contribution in [0.15, 0.2) is 46.8 Å². The average Bonchev–Trinajstić information content (AvgIpc) is 2.98. The van der Waals surface area contributed by atoms with Crippen molar-refractivity contribution in [3.8, 4) is 0 Å². The van der Waals surface area contributed by atoms with E-state index in [2.05, 4.69) is 11.5 Å². The van der Waals surface area contributed by atoms with Crippen LogP contribution in [0.1, 0.15) is 24.8 Å². The maximum Gasteiger partial charge on any atom is 0.267 e. The number of hydrogen-bond donors (Lipinski definition) is 0. The van der Waals surface area contributed by atoms with Gasteiger partial charge in [0.2, 0.25) is 0 Å². The van der Waals surface area contributed by atoms with Crippen LogP contribution in [0.2, 0.25) is 0 Å². The van der Waals surface area contributed by atoms with E-state index in [0.717, 1.165) is 25.9 Å². The van der Waals surface area contributed by atoms with Crippen LogP contribution in [0.25, 0.3) is 11.7 Å². The van der Waals surface area contributed by atoms with E-state index in [1.54, 1.807) is 24.4 Å². The molecule has 2 aliphatic heterocycles. The van der Waals surface area contributed by atoms with E-state index >= 15 is 0 Å². The summed E-state index contributed by atoms with van der Waals surface area (Å²) < 4.78 is 1.99. The highest BCUT2D eigenvalue weighted by molar-refractivity contribution is 8.26. The van der Waals surface area contributed by atoms with Crippen molar-refractivity contribution < 1.29 is 4.79 Å². The van der Waals surface area contributed by atoms with E-state index in [9.17, 15) is 9.59 Å². The fourth-order valence-corrected chi connectivity index (χ4v) is 4.74. The Hall–Kier alpha value is -2.45. The largest absolute Gasteiger partial charge is 0.356 e. The molecule has 8 heteroatoms. The molecule has 4 heterocycles. The number of thioether (sulfide) groups is 1. The summed E-state index contributed by atoms with van der Waals surface area (Å²) >= 11 is 6.53. The van der Waals surface area contributed by atoms with Gasteiger partial charge in [0.1, 0.15) is 15.8 Å². The molecular weight excluding hydrogens is 392 g/mol. The van der Waals surface area contributed by atoms with Gasteiger partial charge in [-0.15, -0.1) is 6.58 Å². The molecule has 2 aromatic rings. The smallest absolute Gasteiger partial charge is 0.267 e. The highest BCUT2D eigenvalue weighted by atomic mass is 32.2. The van der Waals surface area contributed by atoms with Gasteiger partial charge in [-0.2, -0.15) is 0 Å². The molecule has 28 heavy (non-hydrogen) atoms. The molecule has 2 aliphatic rings. The number of fused-ring (bicyclic) bond motifs is 1. The van der Waals surface area contributed by atoms with Crippen molar-refractivity contribution in [2.45, 2.75) is 19.3 Å². The zero-order valence-electron chi connectivity index (χ0n) is 15.3. The fourth-order valence-electron chi connectivity index (χ4n) is 3.48. The predicted molar refractivity (Wildman–Crippen MR) is 118 cm³/mol. The number of thiocarbonyl (C=S) groups is 1. The molecule has 0 unspecified atom stereocenters. The number of aromatic nitrogens is 2. The molecular formula is C20H20N4O2S2. The monoisotopic (exact) mass is 412 g/mol. The van der Waals surface area contributed by atoms with Crippen LogP contribution in [-0.2, 0) is 4.79 Å². The van der Waals surface area contributed by atoms with Crippen molar-refractivity contribution in [1.29, 1.82) is 0 Å². The number of piperidine rings is 1. The van der Waals surface area contributed by atoms with Gasteiger partial charge in [0.05, 0.1) is 10.5 Å². The molecule has 144 valence electrons. The first kappa shape index (κ1) is 18.9. The van der Waals surface area contributed by atoms with E-state index in [-0.39, 0.29) is 11.5 Å². The quantitative estimate of drug-likeness (QED) is 0.437. The summed E-state index contributed by atoms with van der Waals surface area (Å²) in [5.74, 6) is 0.446. The Labute approximate surface area is 172 Å². The maximum absolute atomic E-state index is 13.2. The number of amides is 1. The topological polar surface area (TPSA) is 57.9 Å². The summed E-state index contributed by atoms with van der Waals surface area (Å²) in [7, 11) is 0. The molecule has 2 aromatic heterocycles. The first-order chi connectivity index (χ1) is 13.6. The molecule has 0 saturated carbocycles. The Bertz CT molecular complexity index is 1050. The molecule has 0 aromatic carbocycles. The van der Waals surface area contributed by atoms with Crippen molar-refractivity contribution in [2.75, 3.05) is 24.5 Å². The molecule has 4 rings (SSSR count). The maximum atomic E-state index is 13.2. The lowest BCUT2D eigenvalue weighted by Gasteiger charge is -2.29. The Kier molecular flexibility index (Phi) is 5.32. The third-order valence-electron chi connectivity index (χ3n) is 4.87. The number of hydrogen-bond acceptors (Lipinski definition) is 6. The number of anilines is 1. The molecule has 0 N–H and O–H groups in total. The van der Waals surface area contributed by atoms with Gasteiger partial charge in [-0.3, -0.25) is 18.9 Å². The Morgan fingerprint density at radius 1 is 1.21 bits per heavy atom. The molecule has 0 radical (unpaired) electrons. The summed E-state index contributed by atoms with van der Waals surface area (Å²) in [5, 5.41) is 0. The summed E-state index contributed by atoms with van der Waals surface area (Å²) in [6.07, 6.45) is 8.30. The molecule has 2 fully saturated rings. The van der Waals surface area contributed by atoms with Gasteiger partial charge in [-0.05, 0) is 37.5 Å². The number of carbonyl (C=O) groups excluding carboxylic acids is 1. The van der Waals surface area contributed by atoms with E-state index in [1.807, 2.05) is 12.1 Å². The average molecular weight is 413 g/mol. The molecule has 2 saturated heterocycles. The van der Waals surface area contributed by atoms with Gasteiger partial charge < -0.3 is 4.90 Å². The van der Waals surface area contributed by atoms with Gasteiger partial charge in [0.15, 0.2) is 0 Å². The van der Waals surface area contributed by atoms with Gasteiger partial charge in [-0.1, -0.05) is 36.1 Å². The predicted octanol–water partition coefficient (Wildman–Crippen LogP) is 3.07.